The third-order valence-electron chi connectivity index (χ3n) is 3.17. The van der Waals surface area contributed by atoms with Gasteiger partial charge in [-0.25, -0.2) is 13.9 Å². The van der Waals surface area contributed by atoms with E-state index in [4.69, 9.17) is 14.5 Å². The van der Waals surface area contributed by atoms with Crippen LogP contribution in [-0.4, -0.2) is 36.9 Å². The second kappa shape index (κ2) is 7.03. The average Bonchev–Trinajstić information content (AvgIpc) is 2.87. The molecule has 1 aromatic heterocycles. The summed E-state index contributed by atoms with van der Waals surface area (Å²) in [4.78, 5) is 51.4. The topological polar surface area (TPSA) is 177 Å². The SMILES string of the molecule is Cc1cn([C@@H]2CC[C@H](COP(=O)(O)OP(=O)(O)O)O2)c(=O)[nH]c1=O. The van der Waals surface area contributed by atoms with Gasteiger partial charge in [-0.1, -0.05) is 0 Å². The summed E-state index contributed by atoms with van der Waals surface area (Å²) in [6.45, 7) is 1.05. The molecule has 1 aliphatic heterocycles. The molecule has 3 atom stereocenters. The molecule has 0 amide bonds. The number of aryl methyl sites for hydroxylation is 1. The lowest BCUT2D eigenvalue weighted by Gasteiger charge is -2.17. The highest BCUT2D eigenvalue weighted by molar-refractivity contribution is 7.60. The molecule has 1 fully saturated rings. The molecular weight excluding hydrogens is 370 g/mol. The molecule has 136 valence electrons. The molecule has 14 heteroatoms. The number of H-pyrrole nitrogens is 1. The molecule has 0 saturated carbocycles. The van der Waals surface area contributed by atoms with Crippen LogP contribution in [0.3, 0.4) is 0 Å². The number of aromatic amines is 1. The molecule has 0 radical (unpaired) electrons. The van der Waals surface area contributed by atoms with Gasteiger partial charge in [0.1, 0.15) is 6.23 Å². The van der Waals surface area contributed by atoms with Crippen LogP contribution in [0, 0.1) is 6.92 Å². The van der Waals surface area contributed by atoms with Crippen molar-refractivity contribution in [3.05, 3.63) is 32.6 Å². The first kappa shape index (κ1) is 19.2. The minimum Gasteiger partial charge on any atom is -0.352 e. The Kier molecular flexibility index (Phi) is 5.63. The number of phosphoric ester groups is 1. The number of hydrogen-bond acceptors (Lipinski definition) is 7. The Labute approximate surface area is 134 Å². The number of nitrogens with zero attached hydrogens (tertiary/aromatic N) is 1. The molecule has 1 saturated heterocycles. The Morgan fingerprint density at radius 3 is 2.62 bits per heavy atom. The first-order chi connectivity index (χ1) is 11.0. The number of nitrogens with one attached hydrogen (secondary N) is 1. The third-order valence-corrected chi connectivity index (χ3v) is 5.33. The molecule has 2 heterocycles. The van der Waals surface area contributed by atoms with Crippen molar-refractivity contribution in [3.8, 4) is 0 Å². The highest BCUT2D eigenvalue weighted by Gasteiger charge is 2.35. The van der Waals surface area contributed by atoms with Gasteiger partial charge in [0.2, 0.25) is 0 Å². The van der Waals surface area contributed by atoms with Crippen molar-refractivity contribution < 1.29 is 37.4 Å². The second-order valence-corrected chi connectivity index (χ2v) is 7.93. The molecule has 1 aliphatic rings. The monoisotopic (exact) mass is 386 g/mol. The Morgan fingerprint density at radius 2 is 2.00 bits per heavy atom. The predicted octanol–water partition coefficient (Wildman–Crippen LogP) is -0.251. The van der Waals surface area contributed by atoms with E-state index in [1.165, 1.54) is 17.7 Å². The first-order valence-electron chi connectivity index (χ1n) is 6.68. The molecule has 4 N–H and O–H groups in total. The second-order valence-electron chi connectivity index (χ2n) is 5.11. The van der Waals surface area contributed by atoms with Gasteiger partial charge in [-0.2, -0.15) is 4.31 Å². The number of phosphoric acid groups is 2. The van der Waals surface area contributed by atoms with Crippen molar-refractivity contribution in [2.45, 2.75) is 32.1 Å². The van der Waals surface area contributed by atoms with Crippen LogP contribution >= 0.6 is 15.6 Å². The van der Waals surface area contributed by atoms with Crippen molar-refractivity contribution >= 4 is 15.6 Å². The van der Waals surface area contributed by atoms with E-state index in [-0.39, 0.29) is 0 Å². The van der Waals surface area contributed by atoms with Gasteiger partial charge < -0.3 is 19.4 Å². The standard InChI is InChI=1S/C10H16N2O10P2/c1-6-4-12(10(14)11-9(6)13)8-3-2-7(21-8)5-20-24(18,19)22-23(15,16)17/h4,7-8H,2-3,5H2,1H3,(H,18,19)(H,11,13,14)(H2,15,16,17)/t7-,8+/m1/s1. The number of hydrogen-bond donors (Lipinski definition) is 4. The summed E-state index contributed by atoms with van der Waals surface area (Å²) in [7, 11) is -10.1. The fourth-order valence-corrected chi connectivity index (χ4v) is 3.77. The Morgan fingerprint density at radius 1 is 1.33 bits per heavy atom. The lowest BCUT2D eigenvalue weighted by atomic mass is 10.2. The fourth-order valence-electron chi connectivity index (χ4n) is 2.15. The van der Waals surface area contributed by atoms with Gasteiger partial charge in [0.05, 0.1) is 12.7 Å². The van der Waals surface area contributed by atoms with Crippen molar-refractivity contribution in [1.29, 1.82) is 0 Å². The van der Waals surface area contributed by atoms with Crippen LogP contribution in [0.4, 0.5) is 0 Å². The van der Waals surface area contributed by atoms with Crippen molar-refractivity contribution in [2.24, 2.45) is 0 Å². The fraction of sp³-hybridized carbons (Fsp3) is 0.600. The number of rotatable bonds is 6. The van der Waals surface area contributed by atoms with E-state index < -0.39 is 45.8 Å². The third kappa shape index (κ3) is 5.20. The van der Waals surface area contributed by atoms with Crippen LogP contribution in [-0.2, 0) is 22.7 Å². The van der Waals surface area contributed by atoms with E-state index in [1.54, 1.807) is 0 Å². The quantitative estimate of drug-likeness (QED) is 0.477. The van der Waals surface area contributed by atoms with E-state index in [2.05, 4.69) is 13.8 Å². The van der Waals surface area contributed by atoms with Gasteiger partial charge in [-0.15, -0.1) is 0 Å². The summed E-state index contributed by atoms with van der Waals surface area (Å²) >= 11 is 0. The number of ether oxygens (including phenoxy) is 1. The van der Waals surface area contributed by atoms with Gasteiger partial charge in [0, 0.05) is 11.8 Å². The van der Waals surface area contributed by atoms with Crippen molar-refractivity contribution in [2.75, 3.05) is 6.61 Å². The molecule has 0 aliphatic carbocycles. The normalized spacial score (nSPS) is 24.0. The average molecular weight is 386 g/mol. The Bertz CT molecular complexity index is 811. The van der Waals surface area contributed by atoms with E-state index in [1.807, 2.05) is 0 Å². The maximum Gasteiger partial charge on any atom is 0.481 e. The summed E-state index contributed by atoms with van der Waals surface area (Å²) in [6, 6.07) is 0. The van der Waals surface area contributed by atoms with Crippen LogP contribution in [0.1, 0.15) is 24.6 Å². The van der Waals surface area contributed by atoms with Gasteiger partial charge >= 0.3 is 21.3 Å². The smallest absolute Gasteiger partial charge is 0.352 e. The maximum absolute atomic E-state index is 11.8. The Balaban J connectivity index is 1.98. The van der Waals surface area contributed by atoms with Gasteiger partial charge in [-0.3, -0.25) is 18.9 Å². The van der Waals surface area contributed by atoms with Crippen LogP contribution in [0.25, 0.3) is 0 Å². The van der Waals surface area contributed by atoms with Crippen LogP contribution in [0.15, 0.2) is 15.8 Å². The molecule has 12 nitrogen and oxygen atoms in total. The summed E-state index contributed by atoms with van der Waals surface area (Å²) in [5.41, 5.74) is -0.854. The van der Waals surface area contributed by atoms with Crippen LogP contribution in [0.5, 0.6) is 0 Å². The summed E-state index contributed by atoms with van der Waals surface area (Å²) in [6.07, 6.45) is 0.653. The van der Waals surface area contributed by atoms with Gasteiger partial charge in [0.15, 0.2) is 0 Å². The molecule has 1 unspecified atom stereocenters. The van der Waals surface area contributed by atoms with Gasteiger partial charge in [0.25, 0.3) is 5.56 Å². The Hall–Kier alpha value is -1.10. The van der Waals surface area contributed by atoms with Gasteiger partial charge in [-0.05, 0) is 19.8 Å². The highest BCUT2D eigenvalue weighted by Crippen LogP contribution is 2.57. The lowest BCUT2D eigenvalue weighted by Crippen LogP contribution is -2.33. The predicted molar refractivity (Wildman–Crippen MR) is 78.1 cm³/mol. The molecule has 24 heavy (non-hydrogen) atoms. The zero-order valence-electron chi connectivity index (χ0n) is 12.4. The van der Waals surface area contributed by atoms with E-state index in [0.717, 1.165) is 0 Å². The minimum absolute atomic E-state index is 0.313. The van der Waals surface area contributed by atoms with Crippen molar-refractivity contribution in [1.82, 2.24) is 9.55 Å². The lowest BCUT2D eigenvalue weighted by molar-refractivity contribution is -0.0244. The van der Waals surface area contributed by atoms with Crippen LogP contribution in [0.2, 0.25) is 0 Å². The summed E-state index contributed by atoms with van der Waals surface area (Å²) in [5, 5.41) is 0. The molecule has 0 bridgehead atoms. The summed E-state index contributed by atoms with van der Waals surface area (Å²) < 4.78 is 36.7. The summed E-state index contributed by atoms with van der Waals surface area (Å²) in [5.74, 6) is 0. The largest absolute Gasteiger partial charge is 0.481 e. The van der Waals surface area contributed by atoms with Crippen LogP contribution < -0.4 is 11.2 Å². The van der Waals surface area contributed by atoms with Crippen molar-refractivity contribution in [3.63, 3.8) is 0 Å². The molecular formula is C10H16N2O10P2. The maximum atomic E-state index is 11.8. The zero-order chi connectivity index (χ0) is 18.1. The number of aromatic nitrogens is 2. The molecule has 0 aromatic carbocycles. The van der Waals surface area contributed by atoms with E-state index in [9.17, 15) is 23.6 Å². The zero-order valence-corrected chi connectivity index (χ0v) is 14.2. The van der Waals surface area contributed by atoms with E-state index >= 15 is 0 Å². The molecule has 0 spiro atoms. The molecule has 1 aromatic rings. The highest BCUT2D eigenvalue weighted by atomic mass is 31.3. The first-order valence-corrected chi connectivity index (χ1v) is 9.71. The van der Waals surface area contributed by atoms with E-state index in [0.29, 0.717) is 18.4 Å². The minimum atomic E-state index is -5.18. The molecule has 2 rings (SSSR count).